The standard InChI is InChI=1S/C15H18O2/c1-12(2)15(17)11-10-14(16)9-8-13-6-4-3-5-7-13/h3-9,12H,10-11H2,1-2H3/b9-8+. The summed E-state index contributed by atoms with van der Waals surface area (Å²) in [6, 6.07) is 9.64. The van der Waals surface area contributed by atoms with E-state index in [0.717, 1.165) is 5.56 Å². The van der Waals surface area contributed by atoms with Crippen molar-refractivity contribution in [3.8, 4) is 0 Å². The fraction of sp³-hybridized carbons (Fsp3) is 0.333. The summed E-state index contributed by atoms with van der Waals surface area (Å²) in [4.78, 5) is 22.8. The van der Waals surface area contributed by atoms with E-state index in [4.69, 9.17) is 0 Å². The summed E-state index contributed by atoms with van der Waals surface area (Å²) in [5.74, 6) is 0.162. The lowest BCUT2D eigenvalue weighted by atomic mass is 10.0. The van der Waals surface area contributed by atoms with Crippen LogP contribution in [0.5, 0.6) is 0 Å². The van der Waals surface area contributed by atoms with Crippen molar-refractivity contribution in [2.24, 2.45) is 5.92 Å². The SMILES string of the molecule is CC(C)C(=O)CCC(=O)/C=C/c1ccccc1. The predicted molar refractivity (Wildman–Crippen MR) is 69.6 cm³/mol. The highest BCUT2D eigenvalue weighted by molar-refractivity contribution is 5.96. The van der Waals surface area contributed by atoms with Crippen LogP contribution in [-0.2, 0) is 9.59 Å². The molecule has 2 nitrogen and oxygen atoms in total. The van der Waals surface area contributed by atoms with E-state index in [1.54, 1.807) is 12.2 Å². The van der Waals surface area contributed by atoms with Gasteiger partial charge in [0.2, 0.25) is 0 Å². The van der Waals surface area contributed by atoms with E-state index < -0.39 is 0 Å². The molecule has 1 aromatic carbocycles. The number of carbonyl (C=O) groups excluding carboxylic acids is 2. The number of benzene rings is 1. The zero-order chi connectivity index (χ0) is 12.7. The molecule has 0 heterocycles. The number of allylic oxidation sites excluding steroid dienone is 1. The van der Waals surface area contributed by atoms with Crippen molar-refractivity contribution in [1.82, 2.24) is 0 Å². The molecule has 0 aliphatic carbocycles. The monoisotopic (exact) mass is 230 g/mol. The van der Waals surface area contributed by atoms with Gasteiger partial charge in [-0.15, -0.1) is 0 Å². The maximum atomic E-state index is 11.5. The van der Waals surface area contributed by atoms with Gasteiger partial charge in [0.1, 0.15) is 5.78 Å². The number of ketones is 2. The Bertz CT molecular complexity index is 402. The Morgan fingerprint density at radius 3 is 2.35 bits per heavy atom. The zero-order valence-corrected chi connectivity index (χ0v) is 10.3. The van der Waals surface area contributed by atoms with Gasteiger partial charge in [-0.2, -0.15) is 0 Å². The highest BCUT2D eigenvalue weighted by Crippen LogP contribution is 2.05. The largest absolute Gasteiger partial charge is 0.299 e. The Morgan fingerprint density at radius 2 is 1.76 bits per heavy atom. The first kappa shape index (κ1) is 13.4. The molecule has 0 aromatic heterocycles. The van der Waals surface area contributed by atoms with Crippen LogP contribution in [-0.4, -0.2) is 11.6 Å². The molecule has 1 aromatic rings. The van der Waals surface area contributed by atoms with E-state index in [2.05, 4.69) is 0 Å². The van der Waals surface area contributed by atoms with Gasteiger partial charge in [-0.25, -0.2) is 0 Å². The van der Waals surface area contributed by atoms with Gasteiger partial charge in [-0.1, -0.05) is 50.3 Å². The first-order valence-electron chi connectivity index (χ1n) is 5.88. The van der Waals surface area contributed by atoms with E-state index in [0.29, 0.717) is 12.8 Å². The Kier molecular flexibility index (Phi) is 5.34. The van der Waals surface area contributed by atoms with Gasteiger partial charge in [-0.05, 0) is 11.6 Å². The lowest BCUT2D eigenvalue weighted by Crippen LogP contribution is -2.08. The number of hydrogen-bond acceptors (Lipinski definition) is 2. The highest BCUT2D eigenvalue weighted by Gasteiger charge is 2.08. The molecule has 2 heteroatoms. The van der Waals surface area contributed by atoms with Crippen LogP contribution in [0.25, 0.3) is 6.08 Å². The fourth-order valence-corrected chi connectivity index (χ4v) is 1.37. The van der Waals surface area contributed by atoms with Gasteiger partial charge in [-0.3, -0.25) is 9.59 Å². The molecule has 0 aliphatic heterocycles. The first-order chi connectivity index (χ1) is 8.09. The second-order valence-electron chi connectivity index (χ2n) is 4.33. The molecule has 0 atom stereocenters. The summed E-state index contributed by atoms with van der Waals surface area (Å²) < 4.78 is 0. The van der Waals surface area contributed by atoms with Gasteiger partial charge in [0, 0.05) is 18.8 Å². The minimum atomic E-state index is 0.00264. The Labute approximate surface area is 102 Å². The van der Waals surface area contributed by atoms with E-state index in [9.17, 15) is 9.59 Å². The molecule has 17 heavy (non-hydrogen) atoms. The molecular formula is C15H18O2. The number of hydrogen-bond donors (Lipinski definition) is 0. The molecule has 0 radical (unpaired) electrons. The average molecular weight is 230 g/mol. The average Bonchev–Trinajstić information content (AvgIpc) is 2.34. The molecule has 0 aliphatic rings. The quantitative estimate of drug-likeness (QED) is 0.703. The molecule has 1 rings (SSSR count). The van der Waals surface area contributed by atoms with Crippen LogP contribution < -0.4 is 0 Å². The Morgan fingerprint density at radius 1 is 1.12 bits per heavy atom. The molecule has 0 amide bonds. The maximum Gasteiger partial charge on any atom is 0.156 e. The summed E-state index contributed by atoms with van der Waals surface area (Å²) in [6.45, 7) is 3.71. The minimum absolute atomic E-state index is 0.00264. The summed E-state index contributed by atoms with van der Waals surface area (Å²) in [5.41, 5.74) is 0.996. The fourth-order valence-electron chi connectivity index (χ4n) is 1.37. The van der Waals surface area contributed by atoms with E-state index in [1.807, 2.05) is 44.2 Å². The normalized spacial score (nSPS) is 11.0. The Balaban J connectivity index is 2.40. The Hall–Kier alpha value is -1.70. The van der Waals surface area contributed by atoms with Crippen molar-refractivity contribution in [3.63, 3.8) is 0 Å². The van der Waals surface area contributed by atoms with Crippen molar-refractivity contribution in [2.45, 2.75) is 26.7 Å². The van der Waals surface area contributed by atoms with Crippen LogP contribution in [0.3, 0.4) is 0 Å². The second-order valence-corrected chi connectivity index (χ2v) is 4.33. The number of carbonyl (C=O) groups is 2. The summed E-state index contributed by atoms with van der Waals surface area (Å²) in [6.07, 6.45) is 3.97. The molecule has 90 valence electrons. The van der Waals surface area contributed by atoms with Crippen molar-refractivity contribution < 1.29 is 9.59 Å². The predicted octanol–water partition coefficient (Wildman–Crippen LogP) is 3.27. The van der Waals surface area contributed by atoms with Gasteiger partial charge in [0.15, 0.2) is 5.78 Å². The van der Waals surface area contributed by atoms with Crippen molar-refractivity contribution in [2.75, 3.05) is 0 Å². The van der Waals surface area contributed by atoms with Crippen molar-refractivity contribution in [3.05, 3.63) is 42.0 Å². The molecule has 0 saturated carbocycles. The van der Waals surface area contributed by atoms with Crippen molar-refractivity contribution >= 4 is 17.6 Å². The summed E-state index contributed by atoms with van der Waals surface area (Å²) in [7, 11) is 0. The smallest absolute Gasteiger partial charge is 0.156 e. The first-order valence-corrected chi connectivity index (χ1v) is 5.88. The van der Waals surface area contributed by atoms with Crippen LogP contribution in [0.1, 0.15) is 32.3 Å². The zero-order valence-electron chi connectivity index (χ0n) is 10.3. The van der Waals surface area contributed by atoms with E-state index >= 15 is 0 Å². The molecule has 0 fully saturated rings. The van der Waals surface area contributed by atoms with Crippen molar-refractivity contribution in [1.29, 1.82) is 0 Å². The third kappa shape index (κ3) is 5.25. The lowest BCUT2D eigenvalue weighted by Gasteiger charge is -2.01. The summed E-state index contributed by atoms with van der Waals surface area (Å²) in [5, 5.41) is 0. The topological polar surface area (TPSA) is 34.1 Å². The van der Waals surface area contributed by atoms with Gasteiger partial charge in [0.05, 0.1) is 0 Å². The van der Waals surface area contributed by atoms with E-state index in [-0.39, 0.29) is 17.5 Å². The number of rotatable bonds is 6. The third-order valence-corrected chi connectivity index (χ3v) is 2.52. The maximum absolute atomic E-state index is 11.5. The second kappa shape index (κ2) is 6.79. The lowest BCUT2D eigenvalue weighted by molar-refractivity contribution is -0.124. The minimum Gasteiger partial charge on any atom is -0.299 e. The van der Waals surface area contributed by atoms with Crippen LogP contribution >= 0.6 is 0 Å². The molecular weight excluding hydrogens is 212 g/mol. The molecule has 0 bridgehead atoms. The number of Topliss-reactive ketones (excluding diaryl/α,β-unsaturated/α-hetero) is 1. The van der Waals surface area contributed by atoms with Crippen LogP contribution in [0, 0.1) is 5.92 Å². The van der Waals surface area contributed by atoms with Crippen LogP contribution in [0.15, 0.2) is 36.4 Å². The molecule has 0 spiro atoms. The van der Waals surface area contributed by atoms with E-state index in [1.165, 1.54) is 0 Å². The van der Waals surface area contributed by atoms with Gasteiger partial charge < -0.3 is 0 Å². The van der Waals surface area contributed by atoms with Crippen LogP contribution in [0.4, 0.5) is 0 Å². The third-order valence-electron chi connectivity index (χ3n) is 2.52. The molecule has 0 N–H and O–H groups in total. The molecule has 0 saturated heterocycles. The van der Waals surface area contributed by atoms with Crippen LogP contribution in [0.2, 0.25) is 0 Å². The van der Waals surface area contributed by atoms with Gasteiger partial charge >= 0.3 is 0 Å². The highest BCUT2D eigenvalue weighted by atomic mass is 16.1. The summed E-state index contributed by atoms with van der Waals surface area (Å²) >= 11 is 0. The molecule has 0 unspecified atom stereocenters. The van der Waals surface area contributed by atoms with Gasteiger partial charge in [0.25, 0.3) is 0 Å².